The van der Waals surface area contributed by atoms with Crippen LogP contribution in [-0.4, -0.2) is 11.9 Å². The fraction of sp³-hybridized carbons (Fsp3) is 0.500. The van der Waals surface area contributed by atoms with Crippen LogP contribution in [-0.2, 0) is 0 Å². The number of benzene rings is 1. The number of hydrogen-bond donors (Lipinski definition) is 1. The molecule has 2 aliphatic rings. The van der Waals surface area contributed by atoms with Crippen LogP contribution < -0.4 is 5.32 Å². The number of hydrogen-bond acceptors (Lipinski definition) is 1. The van der Waals surface area contributed by atoms with Crippen molar-refractivity contribution < 1.29 is 9.18 Å². The summed E-state index contributed by atoms with van der Waals surface area (Å²) in [6, 6.07) is 4.73. The van der Waals surface area contributed by atoms with Crippen molar-refractivity contribution in [3.05, 3.63) is 34.1 Å². The topological polar surface area (TPSA) is 29.1 Å². The van der Waals surface area contributed by atoms with E-state index in [1.54, 1.807) is 12.1 Å². The van der Waals surface area contributed by atoms with Crippen LogP contribution in [0.5, 0.6) is 0 Å². The molecule has 0 heterocycles. The van der Waals surface area contributed by atoms with Gasteiger partial charge in [0.1, 0.15) is 5.82 Å². The van der Waals surface area contributed by atoms with Crippen LogP contribution in [0.3, 0.4) is 0 Å². The number of halogens is 2. The van der Waals surface area contributed by atoms with Crippen molar-refractivity contribution >= 4 is 21.8 Å². The standard InChI is InChI=1S/C14H15BrFNO/c15-10-5-6-12(16)11(7-10)14(18)17-13(8-1-2-8)9-3-4-9/h5-9,13H,1-4H2,(H,17,18). The number of carbonyl (C=O) groups is 1. The van der Waals surface area contributed by atoms with E-state index >= 15 is 0 Å². The van der Waals surface area contributed by atoms with Gasteiger partial charge in [-0.05, 0) is 55.7 Å². The second-order valence-electron chi connectivity index (χ2n) is 5.30. The molecule has 0 atom stereocenters. The van der Waals surface area contributed by atoms with Crippen molar-refractivity contribution in [2.24, 2.45) is 11.8 Å². The Kier molecular flexibility index (Phi) is 3.14. The van der Waals surface area contributed by atoms with Gasteiger partial charge in [0, 0.05) is 10.5 Å². The molecule has 1 aromatic carbocycles. The van der Waals surface area contributed by atoms with E-state index in [0.717, 1.165) is 4.47 Å². The monoisotopic (exact) mass is 311 g/mol. The molecule has 0 spiro atoms. The van der Waals surface area contributed by atoms with Gasteiger partial charge in [-0.25, -0.2) is 4.39 Å². The van der Waals surface area contributed by atoms with Gasteiger partial charge in [0.2, 0.25) is 0 Å². The summed E-state index contributed by atoms with van der Waals surface area (Å²) in [6.07, 6.45) is 4.79. The first-order valence-corrected chi connectivity index (χ1v) is 7.20. The highest BCUT2D eigenvalue weighted by atomic mass is 79.9. The molecule has 1 N–H and O–H groups in total. The van der Waals surface area contributed by atoms with Gasteiger partial charge in [0.25, 0.3) is 5.91 Å². The Labute approximate surface area is 114 Å². The molecule has 2 fully saturated rings. The van der Waals surface area contributed by atoms with Gasteiger partial charge in [-0.1, -0.05) is 15.9 Å². The van der Waals surface area contributed by atoms with Crippen molar-refractivity contribution in [3.63, 3.8) is 0 Å². The molecule has 96 valence electrons. The summed E-state index contributed by atoms with van der Waals surface area (Å²) >= 11 is 3.27. The summed E-state index contributed by atoms with van der Waals surface area (Å²) in [6.45, 7) is 0. The molecule has 3 rings (SSSR count). The van der Waals surface area contributed by atoms with E-state index in [2.05, 4.69) is 21.2 Å². The van der Waals surface area contributed by atoms with Crippen molar-refractivity contribution in [1.82, 2.24) is 5.32 Å². The molecule has 2 nitrogen and oxygen atoms in total. The second kappa shape index (κ2) is 4.65. The van der Waals surface area contributed by atoms with Gasteiger partial charge >= 0.3 is 0 Å². The lowest BCUT2D eigenvalue weighted by Gasteiger charge is -2.17. The minimum Gasteiger partial charge on any atom is -0.349 e. The quantitative estimate of drug-likeness (QED) is 0.906. The zero-order valence-corrected chi connectivity index (χ0v) is 11.5. The van der Waals surface area contributed by atoms with Crippen molar-refractivity contribution in [2.75, 3.05) is 0 Å². The van der Waals surface area contributed by atoms with Crippen LogP contribution in [0.1, 0.15) is 36.0 Å². The highest BCUT2D eigenvalue weighted by Crippen LogP contribution is 2.44. The lowest BCUT2D eigenvalue weighted by atomic mass is 10.1. The van der Waals surface area contributed by atoms with Crippen LogP contribution in [0.25, 0.3) is 0 Å². The van der Waals surface area contributed by atoms with Crippen LogP contribution in [0.4, 0.5) is 4.39 Å². The summed E-state index contributed by atoms with van der Waals surface area (Å²) < 4.78 is 14.3. The first kappa shape index (κ1) is 12.2. The van der Waals surface area contributed by atoms with Crippen molar-refractivity contribution in [2.45, 2.75) is 31.7 Å². The van der Waals surface area contributed by atoms with Crippen molar-refractivity contribution in [3.8, 4) is 0 Å². The van der Waals surface area contributed by atoms with Gasteiger partial charge in [-0.3, -0.25) is 4.79 Å². The van der Waals surface area contributed by atoms with E-state index in [0.29, 0.717) is 11.8 Å². The first-order chi connectivity index (χ1) is 8.65. The van der Waals surface area contributed by atoms with Gasteiger partial charge in [0.15, 0.2) is 0 Å². The molecule has 0 aromatic heterocycles. The summed E-state index contributed by atoms with van der Waals surface area (Å²) in [5.74, 6) is 0.506. The van der Waals surface area contributed by atoms with Crippen LogP contribution in [0.15, 0.2) is 22.7 Å². The molecule has 0 radical (unpaired) electrons. The molecule has 1 aromatic rings. The highest BCUT2D eigenvalue weighted by molar-refractivity contribution is 9.10. The average molecular weight is 312 g/mol. The lowest BCUT2D eigenvalue weighted by Crippen LogP contribution is -2.38. The zero-order valence-electron chi connectivity index (χ0n) is 9.96. The molecule has 0 unspecified atom stereocenters. The third kappa shape index (κ3) is 2.58. The van der Waals surface area contributed by atoms with E-state index in [9.17, 15) is 9.18 Å². The highest BCUT2D eigenvalue weighted by Gasteiger charge is 2.42. The maximum Gasteiger partial charge on any atom is 0.254 e. The van der Waals surface area contributed by atoms with E-state index in [4.69, 9.17) is 0 Å². The van der Waals surface area contributed by atoms with Gasteiger partial charge in [0.05, 0.1) is 5.56 Å². The average Bonchev–Trinajstić information content (AvgIpc) is 3.21. The van der Waals surface area contributed by atoms with Crippen LogP contribution >= 0.6 is 15.9 Å². The Morgan fingerprint density at radius 1 is 1.28 bits per heavy atom. The smallest absolute Gasteiger partial charge is 0.254 e. The SMILES string of the molecule is O=C(NC(C1CC1)C1CC1)c1cc(Br)ccc1F. The maximum atomic E-state index is 13.6. The molecule has 18 heavy (non-hydrogen) atoms. The second-order valence-corrected chi connectivity index (χ2v) is 6.21. The Hall–Kier alpha value is -0.900. The van der Waals surface area contributed by atoms with Crippen LogP contribution in [0.2, 0.25) is 0 Å². The zero-order chi connectivity index (χ0) is 12.7. The first-order valence-electron chi connectivity index (χ1n) is 6.41. The number of carbonyl (C=O) groups excluding carboxylic acids is 1. The Morgan fingerprint density at radius 3 is 2.44 bits per heavy atom. The molecule has 0 aliphatic heterocycles. The third-order valence-electron chi connectivity index (χ3n) is 3.73. The number of nitrogens with one attached hydrogen (secondary N) is 1. The normalized spacial score (nSPS) is 19.1. The number of amides is 1. The molecule has 0 bridgehead atoms. The Bertz CT molecular complexity index is 471. The molecular weight excluding hydrogens is 297 g/mol. The molecule has 0 saturated heterocycles. The van der Waals surface area contributed by atoms with Crippen molar-refractivity contribution in [1.29, 1.82) is 0 Å². The Balaban J connectivity index is 1.75. The van der Waals surface area contributed by atoms with Crippen LogP contribution in [0, 0.1) is 17.7 Å². The lowest BCUT2D eigenvalue weighted by molar-refractivity contribution is 0.0922. The van der Waals surface area contributed by atoms with E-state index in [1.165, 1.54) is 31.7 Å². The van der Waals surface area contributed by atoms with E-state index in [-0.39, 0.29) is 17.5 Å². The predicted octanol–water partition coefficient (Wildman–Crippen LogP) is 3.51. The molecular formula is C14H15BrFNO. The molecule has 1 amide bonds. The molecule has 4 heteroatoms. The third-order valence-corrected chi connectivity index (χ3v) is 4.22. The number of rotatable bonds is 4. The summed E-state index contributed by atoms with van der Waals surface area (Å²) in [5.41, 5.74) is 0.135. The van der Waals surface area contributed by atoms with E-state index < -0.39 is 5.82 Å². The fourth-order valence-corrected chi connectivity index (χ4v) is 2.79. The van der Waals surface area contributed by atoms with Gasteiger partial charge in [-0.2, -0.15) is 0 Å². The largest absolute Gasteiger partial charge is 0.349 e. The minimum atomic E-state index is -0.457. The molecule has 2 saturated carbocycles. The van der Waals surface area contributed by atoms with E-state index in [1.807, 2.05) is 0 Å². The Morgan fingerprint density at radius 2 is 1.89 bits per heavy atom. The van der Waals surface area contributed by atoms with Gasteiger partial charge < -0.3 is 5.32 Å². The summed E-state index contributed by atoms with van der Waals surface area (Å²) in [4.78, 5) is 12.1. The maximum absolute atomic E-state index is 13.6. The van der Waals surface area contributed by atoms with Gasteiger partial charge in [-0.15, -0.1) is 0 Å². The fourth-order valence-electron chi connectivity index (χ4n) is 2.43. The minimum absolute atomic E-state index is 0.135. The summed E-state index contributed by atoms with van der Waals surface area (Å²) in [5, 5.41) is 3.03. The molecule has 2 aliphatic carbocycles. The predicted molar refractivity (Wildman–Crippen MR) is 70.8 cm³/mol. The summed E-state index contributed by atoms with van der Waals surface area (Å²) in [7, 11) is 0.